The molecule has 0 N–H and O–H groups in total. The number of nitrogens with zero attached hydrogens (tertiary/aromatic N) is 2. The first-order valence-corrected chi connectivity index (χ1v) is 4.09. The molecular weight excluding hydrogens is 168 g/mol. The third-order valence-electron chi connectivity index (χ3n) is 1.74. The van der Waals surface area contributed by atoms with Gasteiger partial charge in [-0.1, -0.05) is 6.92 Å². The molecule has 0 aliphatic rings. The summed E-state index contributed by atoms with van der Waals surface area (Å²) < 4.78 is 4.86. The SMILES string of the molecule is CCc1nc(OC)ncc1C(C)=O. The van der Waals surface area contributed by atoms with Gasteiger partial charge in [0, 0.05) is 6.20 Å². The van der Waals surface area contributed by atoms with Crippen LogP contribution >= 0.6 is 0 Å². The number of methoxy groups -OCH3 is 1. The highest BCUT2D eigenvalue weighted by molar-refractivity contribution is 5.94. The lowest BCUT2D eigenvalue weighted by Gasteiger charge is -2.04. The third kappa shape index (κ3) is 2.02. The van der Waals surface area contributed by atoms with Crippen molar-refractivity contribution < 1.29 is 9.53 Å². The Morgan fingerprint density at radius 3 is 2.77 bits per heavy atom. The topological polar surface area (TPSA) is 52.1 Å². The summed E-state index contributed by atoms with van der Waals surface area (Å²) in [5, 5.41) is 0. The summed E-state index contributed by atoms with van der Waals surface area (Å²) >= 11 is 0. The number of hydrogen-bond donors (Lipinski definition) is 0. The highest BCUT2D eigenvalue weighted by Gasteiger charge is 2.09. The predicted octanol–water partition coefficient (Wildman–Crippen LogP) is 1.25. The Bertz CT molecular complexity index is 323. The molecule has 0 saturated carbocycles. The van der Waals surface area contributed by atoms with Crippen LogP contribution in [0.3, 0.4) is 0 Å². The van der Waals surface area contributed by atoms with Gasteiger partial charge in [-0.15, -0.1) is 0 Å². The third-order valence-corrected chi connectivity index (χ3v) is 1.74. The quantitative estimate of drug-likeness (QED) is 0.657. The molecule has 13 heavy (non-hydrogen) atoms. The molecule has 1 rings (SSSR count). The molecule has 1 aromatic heterocycles. The Labute approximate surface area is 77.0 Å². The summed E-state index contributed by atoms with van der Waals surface area (Å²) in [5.41, 5.74) is 1.31. The van der Waals surface area contributed by atoms with Gasteiger partial charge in [-0.2, -0.15) is 4.98 Å². The van der Waals surface area contributed by atoms with Crippen LogP contribution in [0.5, 0.6) is 6.01 Å². The van der Waals surface area contributed by atoms with Crippen molar-refractivity contribution in [2.45, 2.75) is 20.3 Å². The molecule has 4 heteroatoms. The van der Waals surface area contributed by atoms with Crippen molar-refractivity contribution in [2.75, 3.05) is 7.11 Å². The van der Waals surface area contributed by atoms with Crippen LogP contribution < -0.4 is 4.74 Å². The Kier molecular flexibility index (Phi) is 2.95. The van der Waals surface area contributed by atoms with E-state index in [9.17, 15) is 4.79 Å². The standard InChI is InChI=1S/C9H12N2O2/c1-4-8-7(6(2)12)5-10-9(11-8)13-3/h5H,4H2,1-3H3. The molecule has 1 heterocycles. The zero-order chi connectivity index (χ0) is 9.84. The molecule has 0 radical (unpaired) electrons. The molecule has 0 fully saturated rings. The monoisotopic (exact) mass is 180 g/mol. The van der Waals surface area contributed by atoms with E-state index in [1.807, 2.05) is 6.92 Å². The van der Waals surface area contributed by atoms with Gasteiger partial charge in [0.25, 0.3) is 0 Å². The first kappa shape index (κ1) is 9.64. The molecule has 0 atom stereocenters. The summed E-state index contributed by atoms with van der Waals surface area (Å²) in [5.74, 6) is -0.0143. The fourth-order valence-electron chi connectivity index (χ4n) is 1.06. The van der Waals surface area contributed by atoms with Gasteiger partial charge in [0.15, 0.2) is 5.78 Å². The molecule has 0 bridgehead atoms. The summed E-state index contributed by atoms with van der Waals surface area (Å²) in [7, 11) is 1.50. The van der Waals surface area contributed by atoms with Gasteiger partial charge < -0.3 is 4.74 Å². The van der Waals surface area contributed by atoms with E-state index in [1.165, 1.54) is 20.2 Å². The molecule has 1 aromatic rings. The van der Waals surface area contributed by atoms with Gasteiger partial charge in [0.1, 0.15) is 0 Å². The normalized spacial score (nSPS) is 9.77. The van der Waals surface area contributed by atoms with Crippen LogP contribution in [0.2, 0.25) is 0 Å². The summed E-state index contributed by atoms with van der Waals surface area (Å²) in [6.45, 7) is 3.44. The van der Waals surface area contributed by atoms with Gasteiger partial charge in [0.05, 0.1) is 18.4 Å². The highest BCUT2D eigenvalue weighted by Crippen LogP contribution is 2.10. The average molecular weight is 180 g/mol. The second-order valence-corrected chi connectivity index (χ2v) is 2.63. The van der Waals surface area contributed by atoms with Gasteiger partial charge in [-0.3, -0.25) is 4.79 Å². The van der Waals surface area contributed by atoms with Crippen molar-refractivity contribution in [3.8, 4) is 6.01 Å². The Morgan fingerprint density at radius 1 is 1.62 bits per heavy atom. The predicted molar refractivity (Wildman–Crippen MR) is 48.0 cm³/mol. The highest BCUT2D eigenvalue weighted by atomic mass is 16.5. The zero-order valence-electron chi connectivity index (χ0n) is 8.00. The first-order chi connectivity index (χ1) is 6.19. The van der Waals surface area contributed by atoms with Gasteiger partial charge in [-0.25, -0.2) is 4.98 Å². The molecule has 0 spiro atoms. The Morgan fingerprint density at radius 2 is 2.31 bits per heavy atom. The van der Waals surface area contributed by atoms with E-state index in [4.69, 9.17) is 4.74 Å². The van der Waals surface area contributed by atoms with Crippen LogP contribution in [0.4, 0.5) is 0 Å². The number of ketones is 1. The summed E-state index contributed by atoms with van der Waals surface area (Å²) in [6.07, 6.45) is 2.21. The number of aryl methyl sites for hydroxylation is 1. The molecular formula is C9H12N2O2. The fourth-order valence-corrected chi connectivity index (χ4v) is 1.06. The number of rotatable bonds is 3. The van der Waals surface area contributed by atoms with E-state index in [2.05, 4.69) is 9.97 Å². The maximum absolute atomic E-state index is 11.1. The molecule has 0 aromatic carbocycles. The van der Waals surface area contributed by atoms with Crippen molar-refractivity contribution >= 4 is 5.78 Å². The number of carbonyl (C=O) groups excluding carboxylic acids is 1. The number of carbonyl (C=O) groups is 1. The minimum absolute atomic E-state index is 0.0143. The van der Waals surface area contributed by atoms with Crippen LogP contribution in [0.1, 0.15) is 29.9 Å². The lowest BCUT2D eigenvalue weighted by atomic mass is 10.1. The van der Waals surface area contributed by atoms with Crippen LogP contribution in [-0.4, -0.2) is 22.9 Å². The van der Waals surface area contributed by atoms with E-state index in [0.717, 1.165) is 5.69 Å². The summed E-state index contributed by atoms with van der Waals surface area (Å²) in [4.78, 5) is 19.1. The molecule has 0 saturated heterocycles. The van der Waals surface area contributed by atoms with Gasteiger partial charge in [-0.05, 0) is 13.3 Å². The van der Waals surface area contributed by atoms with E-state index >= 15 is 0 Å². The fraction of sp³-hybridized carbons (Fsp3) is 0.444. The molecule has 0 aliphatic carbocycles. The van der Waals surface area contributed by atoms with Crippen molar-refractivity contribution in [3.05, 3.63) is 17.5 Å². The maximum Gasteiger partial charge on any atom is 0.316 e. The zero-order valence-corrected chi connectivity index (χ0v) is 8.00. The molecule has 0 unspecified atom stereocenters. The lowest BCUT2D eigenvalue weighted by molar-refractivity contribution is 0.101. The molecule has 70 valence electrons. The average Bonchev–Trinajstić information content (AvgIpc) is 2.16. The minimum Gasteiger partial charge on any atom is -0.467 e. The Hall–Kier alpha value is -1.45. The number of ether oxygens (including phenoxy) is 1. The molecule has 4 nitrogen and oxygen atoms in total. The Balaban J connectivity index is 3.15. The van der Waals surface area contributed by atoms with E-state index < -0.39 is 0 Å². The lowest BCUT2D eigenvalue weighted by Crippen LogP contribution is -2.04. The summed E-state index contributed by atoms with van der Waals surface area (Å²) in [6, 6.07) is 0.307. The molecule has 0 amide bonds. The van der Waals surface area contributed by atoms with Crippen molar-refractivity contribution in [1.82, 2.24) is 9.97 Å². The maximum atomic E-state index is 11.1. The van der Waals surface area contributed by atoms with Crippen molar-refractivity contribution in [1.29, 1.82) is 0 Å². The van der Waals surface area contributed by atoms with E-state index in [-0.39, 0.29) is 5.78 Å². The van der Waals surface area contributed by atoms with E-state index in [1.54, 1.807) is 0 Å². The second-order valence-electron chi connectivity index (χ2n) is 2.63. The van der Waals surface area contributed by atoms with Crippen LogP contribution in [0, 0.1) is 0 Å². The number of hydrogen-bond acceptors (Lipinski definition) is 4. The second kappa shape index (κ2) is 3.98. The van der Waals surface area contributed by atoms with Crippen molar-refractivity contribution in [2.24, 2.45) is 0 Å². The van der Waals surface area contributed by atoms with E-state index in [0.29, 0.717) is 18.0 Å². The largest absolute Gasteiger partial charge is 0.467 e. The van der Waals surface area contributed by atoms with Gasteiger partial charge >= 0.3 is 6.01 Å². The smallest absolute Gasteiger partial charge is 0.316 e. The first-order valence-electron chi connectivity index (χ1n) is 4.09. The van der Waals surface area contributed by atoms with Gasteiger partial charge in [0.2, 0.25) is 0 Å². The van der Waals surface area contributed by atoms with Crippen LogP contribution in [0.15, 0.2) is 6.20 Å². The van der Waals surface area contributed by atoms with Crippen LogP contribution in [0.25, 0.3) is 0 Å². The van der Waals surface area contributed by atoms with Crippen molar-refractivity contribution in [3.63, 3.8) is 0 Å². The van der Waals surface area contributed by atoms with Crippen LogP contribution in [-0.2, 0) is 6.42 Å². The number of aromatic nitrogens is 2. The minimum atomic E-state index is -0.0143. The number of Topliss-reactive ketones (excluding diaryl/α,β-unsaturated/α-hetero) is 1. The molecule has 0 aliphatic heterocycles.